The van der Waals surface area contributed by atoms with E-state index in [4.69, 9.17) is 5.73 Å². The van der Waals surface area contributed by atoms with Crippen LogP contribution < -0.4 is 10.6 Å². The molecule has 0 aliphatic rings. The van der Waals surface area contributed by atoms with Crippen LogP contribution >= 0.6 is 11.3 Å². The van der Waals surface area contributed by atoms with Crippen molar-refractivity contribution in [2.24, 2.45) is 11.1 Å². The summed E-state index contributed by atoms with van der Waals surface area (Å²) in [6.07, 6.45) is 0.710. The van der Waals surface area contributed by atoms with Crippen molar-refractivity contribution < 1.29 is 4.79 Å². The maximum Gasteiger partial charge on any atom is 0.233 e. The van der Waals surface area contributed by atoms with Gasteiger partial charge in [0.15, 0.2) is 0 Å². The number of carbonyl (C=O) groups excluding carboxylic acids is 1. The van der Waals surface area contributed by atoms with Gasteiger partial charge in [-0.25, -0.2) is 0 Å². The Morgan fingerprint density at radius 2 is 2.27 bits per heavy atom. The molecule has 0 spiro atoms. The average molecular weight is 226 g/mol. The van der Waals surface area contributed by atoms with Crippen molar-refractivity contribution in [3.8, 4) is 0 Å². The van der Waals surface area contributed by atoms with Gasteiger partial charge in [-0.05, 0) is 30.5 Å². The monoisotopic (exact) mass is 226 g/mol. The molecule has 0 unspecified atom stereocenters. The predicted molar refractivity (Wildman–Crippen MR) is 65.2 cm³/mol. The number of carbonyl (C=O) groups is 1. The number of amides is 1. The lowest BCUT2D eigenvalue weighted by atomic mass is 9.88. The topological polar surface area (TPSA) is 46.3 Å². The van der Waals surface area contributed by atoms with Gasteiger partial charge in [0.25, 0.3) is 0 Å². The first kappa shape index (κ1) is 12.2. The molecule has 0 saturated carbocycles. The van der Waals surface area contributed by atoms with Crippen LogP contribution in [0.25, 0.3) is 0 Å². The summed E-state index contributed by atoms with van der Waals surface area (Å²) in [6.45, 7) is 4.41. The standard InChI is InChI=1S/C11H18N2OS/c1-11(2,6-7-12)10(14)13(3)9-5-4-8-15-9/h4-5,8H,6-7,12H2,1-3H3. The second kappa shape index (κ2) is 4.77. The molecule has 3 nitrogen and oxygen atoms in total. The SMILES string of the molecule is CN(C(=O)C(C)(C)CCN)c1cccs1. The summed E-state index contributed by atoms with van der Waals surface area (Å²) in [5.41, 5.74) is 5.12. The highest BCUT2D eigenvalue weighted by Crippen LogP contribution is 2.27. The van der Waals surface area contributed by atoms with E-state index in [2.05, 4.69) is 0 Å². The number of nitrogens with zero attached hydrogens (tertiary/aromatic N) is 1. The third kappa shape index (κ3) is 2.79. The van der Waals surface area contributed by atoms with Crippen molar-refractivity contribution >= 4 is 22.2 Å². The number of nitrogens with two attached hydrogens (primary N) is 1. The Kier molecular flexibility index (Phi) is 3.88. The zero-order valence-electron chi connectivity index (χ0n) is 9.49. The van der Waals surface area contributed by atoms with Gasteiger partial charge in [-0.1, -0.05) is 13.8 Å². The van der Waals surface area contributed by atoms with Crippen molar-refractivity contribution in [3.05, 3.63) is 17.5 Å². The fourth-order valence-corrected chi connectivity index (χ4v) is 2.18. The Bertz CT molecular complexity index is 319. The molecule has 0 atom stereocenters. The molecule has 1 aromatic rings. The van der Waals surface area contributed by atoms with Crippen LogP contribution in [-0.2, 0) is 4.79 Å². The van der Waals surface area contributed by atoms with Crippen LogP contribution in [0.2, 0.25) is 0 Å². The summed E-state index contributed by atoms with van der Waals surface area (Å²) in [4.78, 5) is 13.8. The molecule has 0 radical (unpaired) electrons. The summed E-state index contributed by atoms with van der Waals surface area (Å²) >= 11 is 1.57. The molecular formula is C11H18N2OS. The van der Waals surface area contributed by atoms with Crippen molar-refractivity contribution in [3.63, 3.8) is 0 Å². The van der Waals surface area contributed by atoms with Crippen LogP contribution in [0.4, 0.5) is 5.00 Å². The normalized spacial score (nSPS) is 11.5. The van der Waals surface area contributed by atoms with E-state index in [0.29, 0.717) is 13.0 Å². The Morgan fingerprint density at radius 1 is 1.60 bits per heavy atom. The summed E-state index contributed by atoms with van der Waals surface area (Å²) < 4.78 is 0. The minimum atomic E-state index is -0.381. The molecule has 0 saturated heterocycles. The molecule has 0 aliphatic carbocycles. The van der Waals surface area contributed by atoms with Crippen LogP contribution in [0.3, 0.4) is 0 Å². The van der Waals surface area contributed by atoms with Crippen LogP contribution in [0, 0.1) is 5.41 Å². The lowest BCUT2D eigenvalue weighted by Gasteiger charge is -2.28. The molecule has 0 bridgehead atoms. The van der Waals surface area contributed by atoms with Gasteiger partial charge in [-0.15, -0.1) is 11.3 Å². The molecule has 0 aromatic carbocycles. The minimum absolute atomic E-state index is 0.121. The van der Waals surface area contributed by atoms with Crippen molar-refractivity contribution in [1.82, 2.24) is 0 Å². The lowest BCUT2D eigenvalue weighted by molar-refractivity contribution is -0.126. The maximum absolute atomic E-state index is 12.1. The third-order valence-electron chi connectivity index (χ3n) is 2.49. The summed E-state index contributed by atoms with van der Waals surface area (Å²) in [6, 6.07) is 3.89. The number of rotatable bonds is 4. The summed E-state index contributed by atoms with van der Waals surface area (Å²) in [5.74, 6) is 0.121. The van der Waals surface area contributed by atoms with Crippen LogP contribution in [0.15, 0.2) is 17.5 Å². The van der Waals surface area contributed by atoms with Gasteiger partial charge in [0.1, 0.15) is 0 Å². The maximum atomic E-state index is 12.1. The number of hydrogen-bond acceptors (Lipinski definition) is 3. The predicted octanol–water partition coefficient (Wildman–Crippen LogP) is 2.09. The molecule has 15 heavy (non-hydrogen) atoms. The molecule has 1 heterocycles. The fraction of sp³-hybridized carbons (Fsp3) is 0.545. The number of hydrogen-bond donors (Lipinski definition) is 1. The van der Waals surface area contributed by atoms with Crippen LogP contribution in [0.5, 0.6) is 0 Å². The van der Waals surface area contributed by atoms with Gasteiger partial charge in [-0.2, -0.15) is 0 Å². The summed E-state index contributed by atoms with van der Waals surface area (Å²) in [7, 11) is 1.81. The number of thiophene rings is 1. The fourth-order valence-electron chi connectivity index (χ4n) is 1.48. The van der Waals surface area contributed by atoms with Gasteiger partial charge in [-0.3, -0.25) is 4.79 Å². The third-order valence-corrected chi connectivity index (χ3v) is 3.43. The van der Waals surface area contributed by atoms with Gasteiger partial charge in [0.05, 0.1) is 5.00 Å². The molecule has 0 aliphatic heterocycles. The van der Waals surface area contributed by atoms with Crippen molar-refractivity contribution in [2.45, 2.75) is 20.3 Å². The van der Waals surface area contributed by atoms with E-state index in [9.17, 15) is 4.79 Å². The zero-order chi connectivity index (χ0) is 11.5. The van der Waals surface area contributed by atoms with Crippen molar-refractivity contribution in [1.29, 1.82) is 0 Å². The molecule has 1 amide bonds. The van der Waals surface area contributed by atoms with E-state index in [1.165, 1.54) is 0 Å². The molecular weight excluding hydrogens is 208 g/mol. The Balaban J connectivity index is 2.76. The molecule has 0 fully saturated rings. The van der Waals surface area contributed by atoms with E-state index in [1.54, 1.807) is 16.2 Å². The van der Waals surface area contributed by atoms with Gasteiger partial charge in [0, 0.05) is 12.5 Å². The molecule has 1 aromatic heterocycles. The summed E-state index contributed by atoms with van der Waals surface area (Å²) in [5, 5.41) is 2.94. The highest BCUT2D eigenvalue weighted by atomic mass is 32.1. The largest absolute Gasteiger partial charge is 0.330 e. The van der Waals surface area contributed by atoms with E-state index >= 15 is 0 Å². The highest BCUT2D eigenvalue weighted by Gasteiger charge is 2.30. The quantitative estimate of drug-likeness (QED) is 0.854. The zero-order valence-corrected chi connectivity index (χ0v) is 10.3. The van der Waals surface area contributed by atoms with E-state index in [-0.39, 0.29) is 11.3 Å². The van der Waals surface area contributed by atoms with Crippen LogP contribution in [0.1, 0.15) is 20.3 Å². The van der Waals surface area contributed by atoms with E-state index < -0.39 is 0 Å². The molecule has 84 valence electrons. The first-order valence-corrected chi connectivity index (χ1v) is 5.89. The molecule has 1 rings (SSSR count). The minimum Gasteiger partial charge on any atom is -0.330 e. The van der Waals surface area contributed by atoms with E-state index in [1.807, 2.05) is 38.4 Å². The van der Waals surface area contributed by atoms with Crippen LogP contribution in [-0.4, -0.2) is 19.5 Å². The van der Waals surface area contributed by atoms with Gasteiger partial charge >= 0.3 is 0 Å². The second-order valence-corrected chi connectivity index (χ2v) is 5.16. The Morgan fingerprint density at radius 3 is 2.73 bits per heavy atom. The van der Waals surface area contributed by atoms with E-state index in [0.717, 1.165) is 5.00 Å². The number of anilines is 1. The Hall–Kier alpha value is -0.870. The Labute approximate surface area is 94.9 Å². The first-order valence-electron chi connectivity index (χ1n) is 5.01. The van der Waals surface area contributed by atoms with Gasteiger partial charge < -0.3 is 10.6 Å². The van der Waals surface area contributed by atoms with Crippen molar-refractivity contribution in [2.75, 3.05) is 18.5 Å². The highest BCUT2D eigenvalue weighted by molar-refractivity contribution is 7.14. The smallest absolute Gasteiger partial charge is 0.233 e. The average Bonchev–Trinajstić information content (AvgIpc) is 2.68. The molecule has 2 N–H and O–H groups in total. The lowest BCUT2D eigenvalue weighted by Crippen LogP contribution is -2.39. The first-order chi connectivity index (χ1) is 6.99. The second-order valence-electron chi connectivity index (χ2n) is 4.24. The molecule has 4 heteroatoms. The van der Waals surface area contributed by atoms with Gasteiger partial charge in [0.2, 0.25) is 5.91 Å².